The molecule has 1 aliphatic carbocycles. The highest BCUT2D eigenvalue weighted by Crippen LogP contribution is 2.30. The second-order valence-electron chi connectivity index (χ2n) is 5.93. The topological polar surface area (TPSA) is 38.7 Å². The van der Waals surface area contributed by atoms with E-state index in [1.165, 1.54) is 0 Å². The summed E-state index contributed by atoms with van der Waals surface area (Å²) < 4.78 is 11.2. The standard InChI is InChI=1S/C14H28O3/c1-10(2)9-16-5-6-17-14-12(4)7-11(3)8-13(14)15/h10-15H,5-9H2,1-4H3. The van der Waals surface area contributed by atoms with Gasteiger partial charge in [0.05, 0.1) is 25.4 Å². The van der Waals surface area contributed by atoms with Gasteiger partial charge in [-0.05, 0) is 30.6 Å². The molecule has 4 atom stereocenters. The number of hydrogen-bond acceptors (Lipinski definition) is 3. The van der Waals surface area contributed by atoms with Crippen LogP contribution >= 0.6 is 0 Å². The molecule has 1 aliphatic rings. The molecule has 0 aromatic rings. The molecule has 3 heteroatoms. The van der Waals surface area contributed by atoms with Gasteiger partial charge in [0.1, 0.15) is 0 Å². The van der Waals surface area contributed by atoms with Gasteiger partial charge in [0, 0.05) is 6.61 Å². The average Bonchev–Trinajstić information content (AvgIpc) is 2.20. The maximum atomic E-state index is 9.99. The van der Waals surface area contributed by atoms with Gasteiger partial charge in [-0.1, -0.05) is 27.7 Å². The van der Waals surface area contributed by atoms with Gasteiger partial charge in [-0.25, -0.2) is 0 Å². The van der Waals surface area contributed by atoms with Crippen molar-refractivity contribution in [3.05, 3.63) is 0 Å². The second kappa shape index (κ2) is 7.34. The van der Waals surface area contributed by atoms with E-state index in [2.05, 4.69) is 27.7 Å². The van der Waals surface area contributed by atoms with E-state index in [0.717, 1.165) is 19.4 Å². The van der Waals surface area contributed by atoms with Crippen LogP contribution in [0.5, 0.6) is 0 Å². The quantitative estimate of drug-likeness (QED) is 0.730. The van der Waals surface area contributed by atoms with E-state index in [9.17, 15) is 5.11 Å². The number of hydrogen-bond donors (Lipinski definition) is 1. The van der Waals surface area contributed by atoms with Gasteiger partial charge in [-0.2, -0.15) is 0 Å². The van der Waals surface area contributed by atoms with Crippen molar-refractivity contribution in [2.75, 3.05) is 19.8 Å². The number of aliphatic hydroxyl groups excluding tert-OH is 1. The predicted molar refractivity (Wildman–Crippen MR) is 69.0 cm³/mol. The lowest BCUT2D eigenvalue weighted by molar-refractivity contribution is -0.107. The summed E-state index contributed by atoms with van der Waals surface area (Å²) in [6.45, 7) is 10.6. The van der Waals surface area contributed by atoms with Crippen molar-refractivity contribution in [1.29, 1.82) is 0 Å². The van der Waals surface area contributed by atoms with Crippen LogP contribution in [0.25, 0.3) is 0 Å². The van der Waals surface area contributed by atoms with Crippen LogP contribution < -0.4 is 0 Å². The average molecular weight is 244 g/mol. The zero-order valence-electron chi connectivity index (χ0n) is 11.7. The smallest absolute Gasteiger partial charge is 0.0860 e. The SMILES string of the molecule is CC(C)COCCOC1C(C)CC(C)CC1O. The first-order chi connectivity index (χ1) is 8.00. The summed E-state index contributed by atoms with van der Waals surface area (Å²) in [5, 5.41) is 9.99. The molecular formula is C14H28O3. The summed E-state index contributed by atoms with van der Waals surface area (Å²) in [6, 6.07) is 0. The van der Waals surface area contributed by atoms with Crippen LogP contribution in [0.1, 0.15) is 40.5 Å². The fourth-order valence-electron chi connectivity index (χ4n) is 2.63. The molecular weight excluding hydrogens is 216 g/mol. The van der Waals surface area contributed by atoms with Crippen LogP contribution in [-0.2, 0) is 9.47 Å². The Labute approximate surface area is 105 Å². The van der Waals surface area contributed by atoms with E-state index < -0.39 is 0 Å². The van der Waals surface area contributed by atoms with Crippen LogP contribution in [-0.4, -0.2) is 37.1 Å². The molecule has 0 saturated heterocycles. The third kappa shape index (κ3) is 5.36. The number of ether oxygens (including phenoxy) is 2. The maximum absolute atomic E-state index is 9.99. The summed E-state index contributed by atoms with van der Waals surface area (Å²) in [6.07, 6.45) is 1.70. The van der Waals surface area contributed by atoms with Crippen molar-refractivity contribution in [3.8, 4) is 0 Å². The molecule has 0 aromatic carbocycles. The van der Waals surface area contributed by atoms with Crippen molar-refractivity contribution in [3.63, 3.8) is 0 Å². The van der Waals surface area contributed by atoms with E-state index >= 15 is 0 Å². The van der Waals surface area contributed by atoms with Crippen LogP contribution in [0.3, 0.4) is 0 Å². The summed E-state index contributed by atoms with van der Waals surface area (Å²) in [4.78, 5) is 0. The molecule has 1 N–H and O–H groups in total. The highest BCUT2D eigenvalue weighted by atomic mass is 16.5. The van der Waals surface area contributed by atoms with E-state index in [4.69, 9.17) is 9.47 Å². The molecule has 0 amide bonds. The van der Waals surface area contributed by atoms with Gasteiger partial charge in [0.2, 0.25) is 0 Å². The number of aliphatic hydroxyl groups is 1. The van der Waals surface area contributed by atoms with Crippen LogP contribution in [0, 0.1) is 17.8 Å². The minimum absolute atomic E-state index is 0.00569. The summed E-state index contributed by atoms with van der Waals surface area (Å²) in [5.41, 5.74) is 0. The largest absolute Gasteiger partial charge is 0.390 e. The predicted octanol–water partition coefficient (Wildman–Crippen LogP) is 2.47. The van der Waals surface area contributed by atoms with Crippen molar-refractivity contribution in [2.45, 2.75) is 52.7 Å². The van der Waals surface area contributed by atoms with Gasteiger partial charge in [0.25, 0.3) is 0 Å². The Morgan fingerprint density at radius 2 is 1.88 bits per heavy atom. The highest BCUT2D eigenvalue weighted by Gasteiger charge is 2.33. The molecule has 0 aromatic heterocycles. The summed E-state index contributed by atoms with van der Waals surface area (Å²) >= 11 is 0. The van der Waals surface area contributed by atoms with Crippen molar-refractivity contribution < 1.29 is 14.6 Å². The number of rotatable bonds is 6. The van der Waals surface area contributed by atoms with E-state index in [0.29, 0.717) is 31.0 Å². The molecule has 1 saturated carbocycles. The summed E-state index contributed by atoms with van der Waals surface area (Å²) in [7, 11) is 0. The Balaban J connectivity index is 2.17. The molecule has 0 radical (unpaired) electrons. The Bertz CT molecular complexity index is 194. The third-order valence-corrected chi connectivity index (χ3v) is 3.35. The Hall–Kier alpha value is -0.120. The molecule has 0 spiro atoms. The van der Waals surface area contributed by atoms with E-state index in [1.54, 1.807) is 0 Å². The molecule has 102 valence electrons. The highest BCUT2D eigenvalue weighted by molar-refractivity contribution is 4.83. The molecule has 4 unspecified atom stereocenters. The normalized spacial score (nSPS) is 34.2. The lowest BCUT2D eigenvalue weighted by Gasteiger charge is -2.36. The molecule has 0 bridgehead atoms. The minimum Gasteiger partial charge on any atom is -0.390 e. The summed E-state index contributed by atoms with van der Waals surface area (Å²) in [5.74, 6) is 1.62. The molecule has 0 aliphatic heterocycles. The second-order valence-corrected chi connectivity index (χ2v) is 5.93. The van der Waals surface area contributed by atoms with Gasteiger partial charge in [-0.15, -0.1) is 0 Å². The lowest BCUT2D eigenvalue weighted by atomic mass is 9.79. The maximum Gasteiger partial charge on any atom is 0.0860 e. The third-order valence-electron chi connectivity index (χ3n) is 3.35. The van der Waals surface area contributed by atoms with Crippen molar-refractivity contribution in [2.24, 2.45) is 17.8 Å². The molecule has 17 heavy (non-hydrogen) atoms. The molecule has 3 nitrogen and oxygen atoms in total. The van der Waals surface area contributed by atoms with Crippen molar-refractivity contribution in [1.82, 2.24) is 0 Å². The first-order valence-electron chi connectivity index (χ1n) is 6.88. The van der Waals surface area contributed by atoms with Crippen LogP contribution in [0.15, 0.2) is 0 Å². The Morgan fingerprint density at radius 1 is 1.18 bits per heavy atom. The van der Waals surface area contributed by atoms with Crippen LogP contribution in [0.4, 0.5) is 0 Å². The Kier molecular flexibility index (Phi) is 6.45. The van der Waals surface area contributed by atoms with Crippen LogP contribution in [0.2, 0.25) is 0 Å². The van der Waals surface area contributed by atoms with E-state index in [-0.39, 0.29) is 12.2 Å². The van der Waals surface area contributed by atoms with Crippen molar-refractivity contribution >= 4 is 0 Å². The fraction of sp³-hybridized carbons (Fsp3) is 1.00. The van der Waals surface area contributed by atoms with Gasteiger partial charge in [-0.3, -0.25) is 0 Å². The van der Waals surface area contributed by atoms with Gasteiger partial charge < -0.3 is 14.6 Å². The Morgan fingerprint density at radius 3 is 2.47 bits per heavy atom. The fourth-order valence-corrected chi connectivity index (χ4v) is 2.63. The first kappa shape index (κ1) is 14.9. The zero-order chi connectivity index (χ0) is 12.8. The molecule has 1 rings (SSSR count). The van der Waals surface area contributed by atoms with Gasteiger partial charge >= 0.3 is 0 Å². The van der Waals surface area contributed by atoms with E-state index in [1.807, 2.05) is 0 Å². The molecule has 1 fully saturated rings. The van der Waals surface area contributed by atoms with Gasteiger partial charge in [0.15, 0.2) is 0 Å². The monoisotopic (exact) mass is 244 g/mol. The minimum atomic E-state index is -0.307. The lowest BCUT2D eigenvalue weighted by Crippen LogP contribution is -2.41. The molecule has 0 heterocycles. The first-order valence-corrected chi connectivity index (χ1v) is 6.88. The zero-order valence-corrected chi connectivity index (χ0v) is 11.7.